The van der Waals surface area contributed by atoms with Crippen molar-refractivity contribution in [3.63, 3.8) is 0 Å². The van der Waals surface area contributed by atoms with E-state index in [2.05, 4.69) is 11.1 Å². The Morgan fingerprint density at radius 1 is 1.04 bits per heavy atom. The van der Waals surface area contributed by atoms with E-state index in [1.165, 1.54) is 0 Å². The van der Waals surface area contributed by atoms with Crippen LogP contribution in [0.25, 0.3) is 21.9 Å². The number of fused-ring (bicyclic) bond motifs is 1. The number of carbonyl (C=O) groups is 1. The van der Waals surface area contributed by atoms with E-state index < -0.39 is 5.91 Å². The molecule has 3 rings (SSSR count). The lowest BCUT2D eigenvalue weighted by Gasteiger charge is -2.10. The molecule has 0 aliphatic rings. The zero-order chi connectivity index (χ0) is 18.0. The number of aliphatic imine (C=N–C) groups is 1. The fourth-order valence-electron chi connectivity index (χ4n) is 2.68. The molecule has 0 saturated carbocycles. The summed E-state index contributed by atoms with van der Waals surface area (Å²) in [5.74, 6) is -0.816. The molecule has 0 atom stereocenters. The first kappa shape index (κ1) is 16.5. The van der Waals surface area contributed by atoms with E-state index in [-0.39, 0.29) is 5.96 Å². The molecule has 1 amide bonds. The molecule has 0 aliphatic carbocycles. The number of rotatable bonds is 2. The predicted octanol–water partition coefficient (Wildman–Crippen LogP) is 3.45. The summed E-state index contributed by atoms with van der Waals surface area (Å²) >= 11 is 6.15. The molecule has 0 saturated heterocycles. The normalized spacial score (nSPS) is 10.2. The maximum atomic E-state index is 12.1. The molecule has 122 valence electrons. The van der Waals surface area contributed by atoms with E-state index >= 15 is 0 Å². The molecule has 0 spiro atoms. The maximum Gasteiger partial charge on any atom is 0.280 e. The van der Waals surface area contributed by atoms with Crippen molar-refractivity contribution in [3.8, 4) is 17.2 Å². The number of amides is 1. The van der Waals surface area contributed by atoms with Gasteiger partial charge in [-0.3, -0.25) is 4.79 Å². The monoisotopic (exact) mass is 348 g/mol. The molecule has 3 aromatic carbocycles. The van der Waals surface area contributed by atoms with Crippen LogP contribution >= 0.6 is 11.6 Å². The largest absolute Gasteiger partial charge is 0.370 e. The fraction of sp³-hybridized carbons (Fsp3) is 0. The third-order valence-electron chi connectivity index (χ3n) is 3.78. The molecule has 0 aliphatic heterocycles. The molecule has 0 unspecified atom stereocenters. The van der Waals surface area contributed by atoms with Crippen LogP contribution in [0.1, 0.15) is 15.9 Å². The Morgan fingerprint density at radius 2 is 1.76 bits per heavy atom. The van der Waals surface area contributed by atoms with Gasteiger partial charge in [-0.25, -0.2) is 0 Å². The minimum Gasteiger partial charge on any atom is -0.370 e. The maximum absolute atomic E-state index is 12.1. The highest BCUT2D eigenvalue weighted by atomic mass is 35.5. The van der Waals surface area contributed by atoms with Crippen molar-refractivity contribution in [2.45, 2.75) is 0 Å². The van der Waals surface area contributed by atoms with Crippen LogP contribution in [-0.4, -0.2) is 11.9 Å². The Bertz CT molecular complexity index is 1060. The van der Waals surface area contributed by atoms with Crippen molar-refractivity contribution < 1.29 is 4.79 Å². The van der Waals surface area contributed by atoms with E-state index in [9.17, 15) is 10.1 Å². The van der Waals surface area contributed by atoms with Gasteiger partial charge in [0.15, 0.2) is 5.96 Å². The van der Waals surface area contributed by atoms with Crippen LogP contribution in [-0.2, 0) is 0 Å². The van der Waals surface area contributed by atoms with Crippen LogP contribution in [0.2, 0.25) is 5.02 Å². The van der Waals surface area contributed by atoms with Gasteiger partial charge in [0.1, 0.15) is 6.07 Å². The third-order valence-corrected chi connectivity index (χ3v) is 4.09. The molecule has 0 heterocycles. The smallest absolute Gasteiger partial charge is 0.280 e. The van der Waals surface area contributed by atoms with Gasteiger partial charge < -0.3 is 11.5 Å². The van der Waals surface area contributed by atoms with Crippen LogP contribution in [0.3, 0.4) is 0 Å². The second kappa shape index (κ2) is 6.63. The van der Waals surface area contributed by atoms with E-state index in [1.807, 2.05) is 30.3 Å². The van der Waals surface area contributed by atoms with E-state index in [1.54, 1.807) is 24.3 Å². The lowest BCUT2D eigenvalue weighted by atomic mass is 9.94. The third kappa shape index (κ3) is 3.16. The Balaban J connectivity index is 2.27. The molecule has 0 bridgehead atoms. The summed E-state index contributed by atoms with van der Waals surface area (Å²) in [6.07, 6.45) is 0. The number of benzene rings is 3. The first-order chi connectivity index (χ1) is 12.0. The Kier molecular flexibility index (Phi) is 4.38. The van der Waals surface area contributed by atoms with Gasteiger partial charge in [0.2, 0.25) is 0 Å². The molecule has 4 N–H and O–H groups in total. The zero-order valence-corrected chi connectivity index (χ0v) is 13.8. The van der Waals surface area contributed by atoms with Gasteiger partial charge in [-0.05, 0) is 34.5 Å². The number of hydrogen-bond acceptors (Lipinski definition) is 2. The van der Waals surface area contributed by atoms with E-state index in [0.29, 0.717) is 21.7 Å². The summed E-state index contributed by atoms with van der Waals surface area (Å²) in [6, 6.07) is 18.3. The first-order valence-electron chi connectivity index (χ1n) is 7.37. The Hall–Kier alpha value is -3.36. The SMILES string of the molecule is N#Cc1c(Cl)cccc1-c1cccc2ccc(C(=O)N=C(N)N)cc12. The van der Waals surface area contributed by atoms with Crippen molar-refractivity contribution in [2.75, 3.05) is 0 Å². The van der Waals surface area contributed by atoms with Crippen molar-refractivity contribution in [1.29, 1.82) is 5.26 Å². The molecule has 5 nitrogen and oxygen atoms in total. The number of nitrogens with two attached hydrogens (primary N) is 2. The van der Waals surface area contributed by atoms with Crippen LogP contribution in [0.4, 0.5) is 0 Å². The highest BCUT2D eigenvalue weighted by molar-refractivity contribution is 6.32. The van der Waals surface area contributed by atoms with Gasteiger partial charge in [0.25, 0.3) is 5.91 Å². The molecule has 0 aromatic heterocycles. The number of carbonyl (C=O) groups excluding carboxylic acids is 1. The predicted molar refractivity (Wildman–Crippen MR) is 99.2 cm³/mol. The lowest BCUT2D eigenvalue weighted by Crippen LogP contribution is -2.24. The minimum absolute atomic E-state index is 0.292. The first-order valence-corrected chi connectivity index (χ1v) is 7.75. The second-order valence-corrected chi connectivity index (χ2v) is 5.76. The Morgan fingerprint density at radius 3 is 2.48 bits per heavy atom. The van der Waals surface area contributed by atoms with Gasteiger partial charge in [-0.1, -0.05) is 48.0 Å². The van der Waals surface area contributed by atoms with Crippen LogP contribution in [0.15, 0.2) is 59.6 Å². The molecule has 25 heavy (non-hydrogen) atoms. The highest BCUT2D eigenvalue weighted by Crippen LogP contribution is 2.34. The lowest BCUT2D eigenvalue weighted by molar-refractivity contribution is 0.100. The van der Waals surface area contributed by atoms with E-state index in [0.717, 1.165) is 16.3 Å². The topological polar surface area (TPSA) is 105 Å². The molecule has 3 aromatic rings. The number of nitrogens with zero attached hydrogens (tertiary/aromatic N) is 2. The molecular formula is C19H13ClN4O. The summed E-state index contributed by atoms with van der Waals surface area (Å²) in [5, 5.41) is 11.5. The fourth-order valence-corrected chi connectivity index (χ4v) is 2.90. The number of hydrogen-bond donors (Lipinski definition) is 2. The standard InChI is InChI=1S/C19H13ClN4O/c20-17-6-2-5-14(16(17)10-21)13-4-1-3-11-7-8-12(9-15(11)13)18(25)24-19(22)23/h1-9H,(H4,22,23,24,25). The number of guanidine groups is 1. The molecule has 0 radical (unpaired) electrons. The number of nitriles is 1. The molecule has 6 heteroatoms. The van der Waals surface area contributed by atoms with E-state index in [4.69, 9.17) is 23.1 Å². The van der Waals surface area contributed by atoms with Crippen LogP contribution in [0, 0.1) is 11.3 Å². The van der Waals surface area contributed by atoms with Crippen LogP contribution in [0.5, 0.6) is 0 Å². The van der Waals surface area contributed by atoms with Crippen molar-refractivity contribution in [2.24, 2.45) is 16.5 Å². The van der Waals surface area contributed by atoms with Crippen molar-refractivity contribution in [3.05, 3.63) is 70.7 Å². The summed E-state index contributed by atoms with van der Waals surface area (Å²) < 4.78 is 0. The van der Waals surface area contributed by atoms with Gasteiger partial charge in [-0.15, -0.1) is 0 Å². The van der Waals surface area contributed by atoms with Crippen LogP contribution < -0.4 is 11.5 Å². The van der Waals surface area contributed by atoms with Gasteiger partial charge >= 0.3 is 0 Å². The second-order valence-electron chi connectivity index (χ2n) is 5.36. The zero-order valence-electron chi connectivity index (χ0n) is 13.0. The highest BCUT2D eigenvalue weighted by Gasteiger charge is 2.13. The van der Waals surface area contributed by atoms with Gasteiger partial charge in [0.05, 0.1) is 10.6 Å². The average Bonchev–Trinajstić information content (AvgIpc) is 2.60. The summed E-state index contributed by atoms with van der Waals surface area (Å²) in [6.45, 7) is 0. The molecular weight excluding hydrogens is 336 g/mol. The van der Waals surface area contributed by atoms with Gasteiger partial charge in [-0.2, -0.15) is 10.3 Å². The average molecular weight is 349 g/mol. The minimum atomic E-state index is -0.525. The number of halogens is 1. The molecule has 0 fully saturated rings. The summed E-state index contributed by atoms with van der Waals surface area (Å²) in [4.78, 5) is 15.7. The quantitative estimate of drug-likeness (QED) is 0.546. The van der Waals surface area contributed by atoms with Crippen molar-refractivity contribution in [1.82, 2.24) is 0 Å². The summed E-state index contributed by atoms with van der Waals surface area (Å²) in [5.41, 5.74) is 12.8. The summed E-state index contributed by atoms with van der Waals surface area (Å²) in [7, 11) is 0. The Labute approximate surface area is 149 Å². The van der Waals surface area contributed by atoms with Crippen molar-refractivity contribution >= 4 is 34.2 Å². The van der Waals surface area contributed by atoms with Gasteiger partial charge in [0, 0.05) is 11.1 Å².